The van der Waals surface area contributed by atoms with Crippen molar-refractivity contribution in [2.75, 3.05) is 0 Å². The fourth-order valence-corrected chi connectivity index (χ4v) is 9.65. The second kappa shape index (κ2) is 7.22. The van der Waals surface area contributed by atoms with Crippen LogP contribution in [-0.2, 0) is 10.8 Å². The molecule has 0 nitrogen and oxygen atoms in total. The monoisotopic (exact) mass is 558 g/mol. The number of fused-ring (bicyclic) bond motifs is 12. The maximum Gasteiger partial charge on any atom is 0.0159 e. The summed E-state index contributed by atoms with van der Waals surface area (Å²) in [5.74, 6) is 0. The molecule has 206 valence electrons. The molecule has 0 fully saturated rings. The van der Waals surface area contributed by atoms with E-state index in [1.165, 1.54) is 111 Å². The molecule has 44 heavy (non-hydrogen) atoms. The number of hydrogen-bond donors (Lipinski definition) is 0. The maximum absolute atomic E-state index is 2.58. The first-order valence-corrected chi connectivity index (χ1v) is 16.0. The quantitative estimate of drug-likeness (QED) is 0.174. The molecule has 0 aromatic heterocycles. The van der Waals surface area contributed by atoms with Gasteiger partial charge in [0.05, 0.1) is 0 Å². The molecule has 0 N–H and O–H groups in total. The van der Waals surface area contributed by atoms with Gasteiger partial charge >= 0.3 is 0 Å². The summed E-state index contributed by atoms with van der Waals surface area (Å²) in [6.07, 6.45) is 0. The minimum absolute atomic E-state index is 0.104. The summed E-state index contributed by atoms with van der Waals surface area (Å²) in [6.45, 7) is 9.77. The van der Waals surface area contributed by atoms with Crippen molar-refractivity contribution >= 4 is 21.5 Å². The van der Waals surface area contributed by atoms with E-state index in [1.54, 1.807) is 0 Å². The van der Waals surface area contributed by atoms with Crippen LogP contribution in [0.2, 0.25) is 0 Å². The molecule has 4 aliphatic carbocycles. The lowest BCUT2D eigenvalue weighted by Gasteiger charge is -2.36. The van der Waals surface area contributed by atoms with E-state index < -0.39 is 0 Å². The van der Waals surface area contributed by atoms with Crippen LogP contribution in [0.1, 0.15) is 49.9 Å². The second-order valence-electron chi connectivity index (χ2n) is 14.4. The van der Waals surface area contributed by atoms with Crippen LogP contribution in [0.5, 0.6) is 0 Å². The third-order valence-electron chi connectivity index (χ3n) is 11.7. The molecule has 0 atom stereocenters. The molecule has 0 amide bonds. The lowest BCUT2D eigenvalue weighted by atomic mass is 9.66. The van der Waals surface area contributed by atoms with Crippen LogP contribution in [0.15, 0.2) is 109 Å². The Morgan fingerprint density at radius 1 is 0.318 bits per heavy atom. The standard InChI is InChI=1S/C44H30/c1-43(2)35-19-18-29-24-11-6-5-10-23(24)28-16-17-30(42(35)41(28)29)32-20-37-34(22-36(32)43)40-31-15-9-14-27-25-12-7-8-13-26(25)33(39(27)31)21-38(40)44(37,3)4/h5-22H,1-4H3. The minimum atomic E-state index is -0.124. The highest BCUT2D eigenvalue weighted by molar-refractivity contribution is 6.22. The molecule has 0 aliphatic heterocycles. The van der Waals surface area contributed by atoms with E-state index in [9.17, 15) is 0 Å². The van der Waals surface area contributed by atoms with Gasteiger partial charge in [0.2, 0.25) is 0 Å². The van der Waals surface area contributed by atoms with Crippen molar-refractivity contribution in [3.63, 3.8) is 0 Å². The zero-order valence-electron chi connectivity index (χ0n) is 25.4. The molecule has 4 aliphatic rings. The van der Waals surface area contributed by atoms with Crippen molar-refractivity contribution in [3.8, 4) is 66.8 Å². The first kappa shape index (κ1) is 23.5. The molecule has 0 heterocycles. The van der Waals surface area contributed by atoms with Crippen LogP contribution in [0, 0.1) is 0 Å². The minimum Gasteiger partial charge on any atom is -0.0616 e. The van der Waals surface area contributed by atoms with Gasteiger partial charge in [-0.15, -0.1) is 0 Å². The lowest BCUT2D eigenvalue weighted by Crippen LogP contribution is -2.24. The molecule has 0 unspecified atom stereocenters. The van der Waals surface area contributed by atoms with Crippen LogP contribution in [0.3, 0.4) is 0 Å². The summed E-state index contributed by atoms with van der Waals surface area (Å²) < 4.78 is 0. The Labute approximate surface area is 257 Å². The Balaban J connectivity index is 1.24. The molecule has 7 aromatic carbocycles. The van der Waals surface area contributed by atoms with E-state index in [0.717, 1.165) is 0 Å². The number of hydrogen-bond acceptors (Lipinski definition) is 0. The van der Waals surface area contributed by atoms with Crippen LogP contribution >= 0.6 is 0 Å². The number of rotatable bonds is 0. The van der Waals surface area contributed by atoms with Crippen LogP contribution in [0.4, 0.5) is 0 Å². The van der Waals surface area contributed by atoms with E-state index in [1.807, 2.05) is 0 Å². The van der Waals surface area contributed by atoms with Crippen molar-refractivity contribution in [1.82, 2.24) is 0 Å². The van der Waals surface area contributed by atoms with Crippen molar-refractivity contribution < 1.29 is 0 Å². The van der Waals surface area contributed by atoms with Gasteiger partial charge in [0.25, 0.3) is 0 Å². The highest BCUT2D eigenvalue weighted by Gasteiger charge is 2.43. The van der Waals surface area contributed by atoms with Gasteiger partial charge in [-0.1, -0.05) is 119 Å². The molecule has 11 rings (SSSR count). The summed E-state index contributed by atoms with van der Waals surface area (Å²) >= 11 is 0. The summed E-state index contributed by atoms with van der Waals surface area (Å²) in [7, 11) is 0. The first-order chi connectivity index (χ1) is 21.4. The summed E-state index contributed by atoms with van der Waals surface area (Å²) in [6, 6.07) is 42.1. The van der Waals surface area contributed by atoms with Crippen molar-refractivity contribution in [2.24, 2.45) is 0 Å². The SMILES string of the molecule is CC1(C)c2cc3c(cc2-c2c1cc1c4c(cccc24)-c2ccccc2-1)C(C)(C)c1ccc2c4c(ccc-3c14)-c1ccccc1-2. The van der Waals surface area contributed by atoms with Gasteiger partial charge in [-0.25, -0.2) is 0 Å². The zero-order chi connectivity index (χ0) is 29.3. The van der Waals surface area contributed by atoms with E-state index in [4.69, 9.17) is 0 Å². The second-order valence-corrected chi connectivity index (χ2v) is 14.4. The Morgan fingerprint density at radius 3 is 1.48 bits per heavy atom. The fourth-order valence-electron chi connectivity index (χ4n) is 9.65. The molecule has 0 bridgehead atoms. The molecular weight excluding hydrogens is 528 g/mol. The Kier molecular flexibility index (Phi) is 3.86. The summed E-state index contributed by atoms with van der Waals surface area (Å²) in [4.78, 5) is 0. The first-order valence-electron chi connectivity index (χ1n) is 16.0. The van der Waals surface area contributed by atoms with E-state index in [-0.39, 0.29) is 10.8 Å². The third-order valence-corrected chi connectivity index (χ3v) is 11.7. The van der Waals surface area contributed by atoms with Gasteiger partial charge in [0.15, 0.2) is 0 Å². The molecule has 0 heteroatoms. The average Bonchev–Trinajstić information content (AvgIpc) is 3.62. The molecule has 0 saturated heterocycles. The zero-order valence-corrected chi connectivity index (χ0v) is 25.4. The Morgan fingerprint density at radius 2 is 0.795 bits per heavy atom. The molecule has 0 spiro atoms. The predicted octanol–water partition coefficient (Wildman–Crippen LogP) is 11.9. The largest absolute Gasteiger partial charge is 0.0616 e. The molecule has 7 aromatic rings. The topological polar surface area (TPSA) is 0 Å². The van der Waals surface area contributed by atoms with Gasteiger partial charge in [0, 0.05) is 10.8 Å². The van der Waals surface area contributed by atoms with Crippen molar-refractivity contribution in [3.05, 3.63) is 131 Å². The Bertz CT molecular complexity index is 2510. The van der Waals surface area contributed by atoms with Crippen molar-refractivity contribution in [1.29, 1.82) is 0 Å². The van der Waals surface area contributed by atoms with Gasteiger partial charge < -0.3 is 0 Å². The molecule has 0 radical (unpaired) electrons. The Hall–Kier alpha value is -4.94. The summed E-state index contributed by atoms with van der Waals surface area (Å²) in [5, 5.41) is 5.70. The highest BCUT2D eigenvalue weighted by atomic mass is 14.5. The molecular formula is C44H30. The van der Waals surface area contributed by atoms with Crippen LogP contribution in [0.25, 0.3) is 88.3 Å². The molecule has 0 saturated carbocycles. The van der Waals surface area contributed by atoms with E-state index in [0.29, 0.717) is 0 Å². The van der Waals surface area contributed by atoms with Crippen LogP contribution in [-0.4, -0.2) is 0 Å². The highest BCUT2D eigenvalue weighted by Crippen LogP contribution is 2.61. The summed E-state index contributed by atoms with van der Waals surface area (Å²) in [5.41, 5.74) is 22.2. The van der Waals surface area contributed by atoms with Gasteiger partial charge in [-0.2, -0.15) is 0 Å². The average molecular weight is 559 g/mol. The van der Waals surface area contributed by atoms with E-state index >= 15 is 0 Å². The van der Waals surface area contributed by atoms with Crippen LogP contribution < -0.4 is 0 Å². The van der Waals surface area contributed by atoms with Crippen molar-refractivity contribution in [2.45, 2.75) is 38.5 Å². The smallest absolute Gasteiger partial charge is 0.0159 e. The van der Waals surface area contributed by atoms with Gasteiger partial charge in [0.1, 0.15) is 0 Å². The third kappa shape index (κ3) is 2.42. The normalized spacial score (nSPS) is 16.1. The number of benzene rings is 7. The predicted molar refractivity (Wildman–Crippen MR) is 185 cm³/mol. The maximum atomic E-state index is 2.58. The van der Waals surface area contributed by atoms with Gasteiger partial charge in [-0.3, -0.25) is 0 Å². The van der Waals surface area contributed by atoms with E-state index in [2.05, 4.69) is 137 Å². The lowest BCUT2D eigenvalue weighted by molar-refractivity contribution is 0.639. The van der Waals surface area contributed by atoms with Gasteiger partial charge in [-0.05, 0) is 129 Å². The fraction of sp³-hybridized carbons (Fsp3) is 0.136.